The van der Waals surface area contributed by atoms with Crippen molar-refractivity contribution in [3.8, 4) is 0 Å². The molecule has 0 aliphatic heterocycles. The Hall–Kier alpha value is -4.31. The van der Waals surface area contributed by atoms with E-state index in [4.69, 9.17) is 13.9 Å². The predicted octanol–water partition coefficient (Wildman–Crippen LogP) is 10.0. The van der Waals surface area contributed by atoms with Crippen molar-refractivity contribution >= 4 is 68.6 Å². The number of allylic oxidation sites excluding steroid dienone is 8. The third-order valence-electron chi connectivity index (χ3n) is 19.5. The number of carbonyl (C=O) groups is 6. The van der Waals surface area contributed by atoms with Crippen LogP contribution in [0.3, 0.4) is 0 Å². The average molecular weight is 1110 g/mol. The van der Waals surface area contributed by atoms with E-state index in [0.29, 0.717) is 29.2 Å². The molecule has 0 bridgehead atoms. The number of carbonyl (C=O) groups excluding carboxylic acids is 6. The molecular weight excluding hydrogens is 1050 g/mol. The summed E-state index contributed by atoms with van der Waals surface area (Å²) in [5.74, 6) is -7.60. The van der Waals surface area contributed by atoms with Gasteiger partial charge in [-0.05, 0) is 142 Å². The Balaban J connectivity index is 0.000000184. The highest BCUT2D eigenvalue weighted by Gasteiger charge is 2.80. The Bertz CT molecular complexity index is 2840. The van der Waals surface area contributed by atoms with Gasteiger partial charge in [0, 0.05) is 45.3 Å². The number of hydrogen-bond acceptors (Lipinski definition) is 15. The number of nitrogens with zero attached hydrogens (tertiary/aromatic N) is 1. The summed E-state index contributed by atoms with van der Waals surface area (Å²) in [6.07, 6.45) is 1.13. The van der Waals surface area contributed by atoms with Crippen molar-refractivity contribution in [2.45, 2.75) is 134 Å². The smallest absolute Gasteiger partial charge is 0.375 e. The van der Waals surface area contributed by atoms with E-state index < -0.39 is 150 Å². The van der Waals surface area contributed by atoms with Gasteiger partial charge in [0.1, 0.15) is 29.2 Å². The standard InChI is InChI=1S/C27H30F3NO5S2.C27H29F3O6S/c1-13-7-16-17-9-19(29)18-8-15(32)5-6-24(18,3)26(17,30)20(33)10-25(16,4)27(13,23(35)37-11-28)36-22(34)21-14(2)31-12-38-21;1-14-9-16-17-11-19(29)18-10-15(31)6-7-24(18,2)26(17,30)21(32)12-25(16,3)27(14,23(34)37-13-28)36-22(33)20-5-4-8-35-20/h5-6,8,12-13,16-17,19-20,33H,7,9-11H2,1-4H3;4-8,10,14,16-17,19,21,32H,9,11-13H2,1-3H3/t13-,16?,17?,19+,20+,24+,25+,26+,27+;14-,16?,17?,19+,21+,24+,25+,26+,27+/m11/s1. The van der Waals surface area contributed by atoms with Gasteiger partial charge < -0.3 is 24.1 Å². The maximum atomic E-state index is 17.4. The van der Waals surface area contributed by atoms with Gasteiger partial charge in [0.2, 0.25) is 16.0 Å². The van der Waals surface area contributed by atoms with E-state index in [0.717, 1.165) is 23.5 Å². The lowest BCUT2D eigenvalue weighted by Crippen LogP contribution is -2.70. The number of thiazole rings is 1. The van der Waals surface area contributed by atoms with Crippen LogP contribution in [0, 0.1) is 64.1 Å². The number of ether oxygens (including phenoxy) is 2. The molecule has 0 saturated heterocycles. The quantitative estimate of drug-likeness (QED) is 0.188. The van der Waals surface area contributed by atoms with Crippen LogP contribution < -0.4 is 0 Å². The zero-order chi connectivity index (χ0) is 54.8. The van der Waals surface area contributed by atoms with Crippen LogP contribution in [0.2, 0.25) is 0 Å². The molecular formula is C54H59F6NO11S3. The molecule has 2 aromatic rings. The lowest BCUT2D eigenvalue weighted by Gasteiger charge is -2.63. The number of ketones is 2. The van der Waals surface area contributed by atoms with Crippen molar-refractivity contribution in [1.82, 2.24) is 4.98 Å². The number of aliphatic hydroxyl groups excluding tert-OH is 2. The van der Waals surface area contributed by atoms with Gasteiger partial charge in [0.15, 0.2) is 34.1 Å². The molecule has 8 aliphatic carbocycles. The predicted molar refractivity (Wildman–Crippen MR) is 265 cm³/mol. The summed E-state index contributed by atoms with van der Waals surface area (Å²) < 4.78 is 110. The van der Waals surface area contributed by atoms with Crippen molar-refractivity contribution in [3.63, 3.8) is 0 Å². The van der Waals surface area contributed by atoms with E-state index in [1.807, 2.05) is 0 Å². The number of aliphatic hydroxyl groups is 2. The third-order valence-corrected chi connectivity index (χ3v) is 21.7. The van der Waals surface area contributed by atoms with Gasteiger partial charge in [-0.2, -0.15) is 0 Å². The lowest BCUT2D eigenvalue weighted by molar-refractivity contribution is -0.221. The van der Waals surface area contributed by atoms with Gasteiger partial charge in [-0.3, -0.25) is 19.2 Å². The molecule has 2 N–H and O–H groups in total. The molecule has 2 heterocycles. The number of rotatable bonds is 8. The maximum Gasteiger partial charge on any atom is 0.375 e. The minimum atomic E-state index is -2.35. The Morgan fingerprint density at radius 3 is 1.56 bits per heavy atom. The number of fused-ring (bicyclic) bond motifs is 10. The molecule has 406 valence electrons. The van der Waals surface area contributed by atoms with E-state index in [-0.39, 0.29) is 60.3 Å². The first kappa shape index (κ1) is 55.4. The molecule has 18 atom stereocenters. The molecule has 0 amide bonds. The summed E-state index contributed by atoms with van der Waals surface area (Å²) in [6.45, 7) is 11.3. The topological polar surface area (TPSA) is 187 Å². The number of furan rings is 1. The fourth-order valence-corrected chi connectivity index (χ4v) is 18.3. The van der Waals surface area contributed by atoms with Crippen LogP contribution in [-0.2, 0) is 28.7 Å². The molecule has 4 unspecified atom stereocenters. The second-order valence-corrected chi connectivity index (χ2v) is 25.2. The van der Waals surface area contributed by atoms with Crippen LogP contribution in [0.25, 0.3) is 0 Å². The molecule has 12 nitrogen and oxygen atoms in total. The molecule has 8 aliphatic rings. The van der Waals surface area contributed by atoms with Crippen molar-refractivity contribution in [2.75, 3.05) is 12.0 Å². The van der Waals surface area contributed by atoms with Gasteiger partial charge in [-0.15, -0.1) is 11.3 Å². The minimum absolute atomic E-state index is 0.000119. The highest BCUT2D eigenvalue weighted by atomic mass is 32.2. The summed E-state index contributed by atoms with van der Waals surface area (Å²) in [5, 5.41) is 21.6. The van der Waals surface area contributed by atoms with Crippen LogP contribution in [0.5, 0.6) is 0 Å². The number of aromatic nitrogens is 1. The van der Waals surface area contributed by atoms with Crippen LogP contribution in [0.1, 0.15) is 106 Å². The Morgan fingerprint density at radius 1 is 0.733 bits per heavy atom. The number of aryl methyl sites for hydroxylation is 1. The van der Waals surface area contributed by atoms with E-state index in [9.17, 15) is 47.8 Å². The van der Waals surface area contributed by atoms with Crippen LogP contribution >= 0.6 is 34.9 Å². The Kier molecular flexibility index (Phi) is 14.0. The number of hydrogen-bond donors (Lipinski definition) is 2. The summed E-state index contributed by atoms with van der Waals surface area (Å²) in [4.78, 5) is 82.0. The first-order chi connectivity index (χ1) is 35.1. The van der Waals surface area contributed by atoms with Gasteiger partial charge in [-0.1, -0.05) is 39.8 Å². The van der Waals surface area contributed by atoms with E-state index in [1.165, 1.54) is 62.1 Å². The van der Waals surface area contributed by atoms with Crippen LogP contribution in [0.15, 0.2) is 75.9 Å². The normalized spacial score (nSPS) is 44.0. The lowest BCUT2D eigenvalue weighted by atomic mass is 9.44. The highest BCUT2D eigenvalue weighted by molar-refractivity contribution is 8.14. The first-order valence-electron chi connectivity index (χ1n) is 24.9. The van der Waals surface area contributed by atoms with E-state index in [2.05, 4.69) is 4.98 Å². The van der Waals surface area contributed by atoms with Crippen LogP contribution in [-0.4, -0.2) is 108 Å². The second-order valence-electron chi connectivity index (χ2n) is 22.6. The van der Waals surface area contributed by atoms with Gasteiger partial charge >= 0.3 is 11.9 Å². The summed E-state index contributed by atoms with van der Waals surface area (Å²) in [5.41, 5.74) is -12.4. The van der Waals surface area contributed by atoms with Gasteiger partial charge in [0.05, 0.1) is 29.7 Å². The number of esters is 2. The molecule has 6 fully saturated rings. The average Bonchev–Trinajstić information content (AvgIpc) is 4.18. The Morgan fingerprint density at radius 2 is 1.17 bits per heavy atom. The molecule has 0 spiro atoms. The zero-order valence-electron chi connectivity index (χ0n) is 42.2. The van der Waals surface area contributed by atoms with Crippen LogP contribution in [0.4, 0.5) is 26.3 Å². The monoisotopic (exact) mass is 1110 g/mol. The highest BCUT2D eigenvalue weighted by Crippen LogP contribution is 2.74. The van der Waals surface area contributed by atoms with Gasteiger partial charge in [0.25, 0.3) is 0 Å². The summed E-state index contributed by atoms with van der Waals surface area (Å²) in [6, 6.07) is 0.721. The van der Waals surface area contributed by atoms with Gasteiger partial charge in [-0.25, -0.2) is 40.9 Å². The van der Waals surface area contributed by atoms with Crippen molar-refractivity contribution in [3.05, 3.63) is 87.8 Å². The molecule has 0 radical (unpaired) electrons. The third kappa shape index (κ3) is 7.47. The Labute approximate surface area is 442 Å². The number of thioether (sulfide) groups is 2. The molecule has 2 aromatic heterocycles. The molecule has 10 rings (SSSR count). The fraction of sp³-hybridized carbons (Fsp3) is 0.611. The maximum absolute atomic E-state index is 17.4. The minimum Gasteiger partial charge on any atom is -0.457 e. The zero-order valence-corrected chi connectivity index (χ0v) is 44.7. The largest absolute Gasteiger partial charge is 0.457 e. The SMILES string of the molecule is C[C@@H]1CC2C3C[C@H](F)C4=CC(=O)C=C[C@]4(C)[C@@]3(F)[C@@H](O)C[C@]2(C)[C@@]1(OC(=O)c1ccco1)C(=O)SCF.Cc1ncsc1C(=O)O[C@]1(C(=O)SCF)[C@H](C)CC2C3C[C@H](F)C4=CC(=O)C=C[C@]4(C)[C@@]3(F)[C@@H](O)C[C@@]21C. The molecule has 75 heavy (non-hydrogen) atoms. The fourth-order valence-electron chi connectivity index (χ4n) is 16.0. The van der Waals surface area contributed by atoms with Crippen molar-refractivity contribution in [2.24, 2.45) is 57.2 Å². The molecule has 0 aromatic carbocycles. The molecule has 21 heteroatoms. The number of alkyl halides is 6. The summed E-state index contributed by atoms with van der Waals surface area (Å²) >= 11 is 1.77. The number of halogens is 6. The first-order valence-corrected chi connectivity index (χ1v) is 27.8. The van der Waals surface area contributed by atoms with Crippen molar-refractivity contribution < 1.29 is 79.2 Å². The van der Waals surface area contributed by atoms with Crippen molar-refractivity contribution in [1.29, 1.82) is 0 Å². The van der Waals surface area contributed by atoms with E-state index in [1.54, 1.807) is 34.6 Å². The summed E-state index contributed by atoms with van der Waals surface area (Å²) in [7, 11) is 0. The van der Waals surface area contributed by atoms with E-state index >= 15 is 17.6 Å². The second kappa shape index (κ2) is 19.0. The molecule has 6 saturated carbocycles.